The maximum absolute atomic E-state index is 13.5. The highest BCUT2D eigenvalue weighted by atomic mass is 19.4. The lowest BCUT2D eigenvalue weighted by Gasteiger charge is -2.22. The van der Waals surface area contributed by atoms with E-state index in [1.165, 1.54) is 35.0 Å². The molecule has 1 amide bonds. The van der Waals surface area contributed by atoms with E-state index < -0.39 is 17.6 Å². The van der Waals surface area contributed by atoms with E-state index >= 15 is 0 Å². The van der Waals surface area contributed by atoms with Gasteiger partial charge >= 0.3 is 6.18 Å². The van der Waals surface area contributed by atoms with E-state index in [1.54, 1.807) is 18.2 Å². The van der Waals surface area contributed by atoms with Gasteiger partial charge in [0.25, 0.3) is 5.91 Å². The van der Waals surface area contributed by atoms with Gasteiger partial charge in [0.05, 0.1) is 17.5 Å². The molecule has 7 nitrogen and oxygen atoms in total. The van der Waals surface area contributed by atoms with Crippen LogP contribution in [0, 0.1) is 0 Å². The first-order valence-electron chi connectivity index (χ1n) is 11.4. The third-order valence-electron chi connectivity index (χ3n) is 5.39. The second-order valence-electron chi connectivity index (χ2n) is 8.00. The van der Waals surface area contributed by atoms with Gasteiger partial charge < -0.3 is 10.2 Å². The van der Waals surface area contributed by atoms with Crippen LogP contribution in [-0.4, -0.2) is 38.6 Å². The number of imidazole rings is 1. The van der Waals surface area contributed by atoms with E-state index in [4.69, 9.17) is 0 Å². The van der Waals surface area contributed by atoms with E-state index in [-0.39, 0.29) is 22.8 Å². The maximum Gasteiger partial charge on any atom is 0.417 e. The van der Waals surface area contributed by atoms with Crippen molar-refractivity contribution in [1.82, 2.24) is 19.6 Å². The molecule has 1 aromatic carbocycles. The first-order chi connectivity index (χ1) is 16.8. The average molecular weight is 483 g/mol. The third kappa shape index (κ3) is 5.26. The lowest BCUT2D eigenvalue weighted by molar-refractivity contribution is -0.137. The zero-order valence-electron chi connectivity index (χ0n) is 19.4. The minimum Gasteiger partial charge on any atom is -0.357 e. The molecule has 4 aromatic rings. The van der Waals surface area contributed by atoms with Crippen molar-refractivity contribution in [2.24, 2.45) is 0 Å². The Morgan fingerprint density at radius 3 is 2.46 bits per heavy atom. The number of nitrogens with one attached hydrogen (secondary N) is 1. The molecule has 0 aliphatic heterocycles. The summed E-state index contributed by atoms with van der Waals surface area (Å²) in [4.78, 5) is 23.8. The lowest BCUT2D eigenvalue weighted by Crippen LogP contribution is -2.26. The van der Waals surface area contributed by atoms with Crippen LogP contribution in [0.15, 0.2) is 60.8 Å². The molecule has 0 aliphatic rings. The molecule has 0 aliphatic carbocycles. The predicted octanol–water partition coefficient (Wildman–Crippen LogP) is 5.69. The quantitative estimate of drug-likeness (QED) is 0.349. The van der Waals surface area contributed by atoms with Crippen LogP contribution in [0.4, 0.5) is 24.8 Å². The maximum atomic E-state index is 13.5. The zero-order chi connectivity index (χ0) is 25.0. The summed E-state index contributed by atoms with van der Waals surface area (Å²) >= 11 is 0. The Morgan fingerprint density at radius 2 is 1.74 bits per heavy atom. The molecule has 4 rings (SSSR count). The van der Waals surface area contributed by atoms with E-state index in [2.05, 4.69) is 39.1 Å². The number of alkyl halides is 3. The number of fused-ring (bicyclic) bond motifs is 1. The highest BCUT2D eigenvalue weighted by Crippen LogP contribution is 2.36. The fourth-order valence-electron chi connectivity index (χ4n) is 3.84. The van der Waals surface area contributed by atoms with Crippen molar-refractivity contribution >= 4 is 23.2 Å². The fraction of sp³-hybridized carbons (Fsp3) is 0.280. The number of amides is 1. The van der Waals surface area contributed by atoms with Crippen LogP contribution in [0.2, 0.25) is 0 Å². The van der Waals surface area contributed by atoms with Crippen molar-refractivity contribution in [2.75, 3.05) is 23.3 Å². The van der Waals surface area contributed by atoms with Gasteiger partial charge in [0.15, 0.2) is 11.5 Å². The number of anilines is 2. The molecule has 3 aromatic heterocycles. The smallest absolute Gasteiger partial charge is 0.357 e. The summed E-state index contributed by atoms with van der Waals surface area (Å²) in [5, 5.41) is 7.06. The average Bonchev–Trinajstić information content (AvgIpc) is 3.25. The van der Waals surface area contributed by atoms with Gasteiger partial charge in [-0.3, -0.25) is 4.79 Å². The molecular formula is C25H25F3N6O. The highest BCUT2D eigenvalue weighted by molar-refractivity contribution is 6.02. The number of carbonyl (C=O) groups excluding carboxylic acids is 1. The van der Waals surface area contributed by atoms with Crippen molar-refractivity contribution in [3.63, 3.8) is 0 Å². The summed E-state index contributed by atoms with van der Waals surface area (Å²) in [6, 6.07) is 13.5. The Labute approximate surface area is 200 Å². The number of hydrogen-bond acceptors (Lipinski definition) is 5. The molecule has 0 atom stereocenters. The van der Waals surface area contributed by atoms with Gasteiger partial charge in [0.1, 0.15) is 11.5 Å². The molecule has 182 valence electrons. The second-order valence-corrected chi connectivity index (χ2v) is 8.00. The molecule has 35 heavy (non-hydrogen) atoms. The minimum atomic E-state index is -4.53. The molecule has 0 saturated carbocycles. The normalized spacial score (nSPS) is 11.6. The molecule has 10 heteroatoms. The van der Waals surface area contributed by atoms with E-state index in [1.807, 2.05) is 6.07 Å². The summed E-state index contributed by atoms with van der Waals surface area (Å²) in [5.74, 6) is 0.468. The van der Waals surface area contributed by atoms with E-state index in [0.717, 1.165) is 32.0 Å². The van der Waals surface area contributed by atoms with Crippen molar-refractivity contribution in [3.8, 4) is 11.3 Å². The number of halogens is 3. The molecule has 1 N–H and O–H groups in total. The SMILES string of the molecule is CCCN(CCC)c1cccc(C(=O)Nc2cnc3ccc(-c4ccccc4C(F)(F)F)nn23)n1. The number of rotatable bonds is 8. The Kier molecular flexibility index (Phi) is 6.99. The fourth-order valence-corrected chi connectivity index (χ4v) is 3.84. The molecule has 0 fully saturated rings. The number of benzene rings is 1. The van der Waals surface area contributed by atoms with E-state index in [0.29, 0.717) is 11.5 Å². The van der Waals surface area contributed by atoms with Crippen LogP contribution < -0.4 is 10.2 Å². The van der Waals surface area contributed by atoms with Gasteiger partial charge in [-0.2, -0.15) is 22.8 Å². The Balaban J connectivity index is 1.64. The Hall–Kier alpha value is -3.95. The molecular weight excluding hydrogens is 457 g/mol. The van der Waals surface area contributed by atoms with Crippen LogP contribution in [0.1, 0.15) is 42.7 Å². The standard InChI is InChI=1S/C25H25F3N6O/c1-3-14-33(15-4-2)22-11-7-10-20(30-22)24(35)31-23-16-29-21-13-12-19(32-34(21)23)17-8-5-6-9-18(17)25(26,27)28/h5-13,16H,3-4,14-15H2,1-2H3,(H,31,35). The largest absolute Gasteiger partial charge is 0.417 e. The summed E-state index contributed by atoms with van der Waals surface area (Å²) in [6.07, 6.45) is -1.22. The van der Waals surface area contributed by atoms with Gasteiger partial charge in [-0.25, -0.2) is 9.97 Å². The molecule has 0 radical (unpaired) electrons. The van der Waals surface area contributed by atoms with Gasteiger partial charge in [-0.05, 0) is 43.2 Å². The minimum absolute atomic E-state index is 0.0609. The van der Waals surface area contributed by atoms with Crippen molar-refractivity contribution in [1.29, 1.82) is 0 Å². The van der Waals surface area contributed by atoms with Crippen molar-refractivity contribution < 1.29 is 18.0 Å². The third-order valence-corrected chi connectivity index (χ3v) is 5.39. The van der Waals surface area contributed by atoms with Gasteiger partial charge in [-0.15, -0.1) is 0 Å². The summed E-state index contributed by atoms with van der Waals surface area (Å²) < 4.78 is 41.8. The number of nitrogens with zero attached hydrogens (tertiary/aromatic N) is 5. The van der Waals surface area contributed by atoms with Gasteiger partial charge in [0.2, 0.25) is 0 Å². The van der Waals surface area contributed by atoms with Crippen LogP contribution in [0.5, 0.6) is 0 Å². The van der Waals surface area contributed by atoms with Crippen LogP contribution in [0.25, 0.3) is 16.9 Å². The number of pyridine rings is 1. The van der Waals surface area contributed by atoms with Gasteiger partial charge in [0, 0.05) is 18.7 Å². The zero-order valence-corrected chi connectivity index (χ0v) is 19.4. The number of aromatic nitrogens is 4. The molecule has 3 heterocycles. The van der Waals surface area contributed by atoms with Crippen LogP contribution in [0.3, 0.4) is 0 Å². The monoisotopic (exact) mass is 482 g/mol. The second kappa shape index (κ2) is 10.1. The van der Waals surface area contributed by atoms with Gasteiger partial charge in [-0.1, -0.05) is 38.1 Å². The molecule has 0 bridgehead atoms. The molecule has 0 saturated heterocycles. The summed E-state index contributed by atoms with van der Waals surface area (Å²) in [7, 11) is 0. The first-order valence-corrected chi connectivity index (χ1v) is 11.4. The summed E-state index contributed by atoms with van der Waals surface area (Å²) in [5.41, 5.74) is -0.147. The van der Waals surface area contributed by atoms with Crippen LogP contribution >= 0.6 is 0 Å². The lowest BCUT2D eigenvalue weighted by atomic mass is 10.0. The summed E-state index contributed by atoms with van der Waals surface area (Å²) in [6.45, 7) is 5.81. The molecule has 0 unspecified atom stereocenters. The molecule has 0 spiro atoms. The highest BCUT2D eigenvalue weighted by Gasteiger charge is 2.33. The predicted molar refractivity (Wildman–Crippen MR) is 128 cm³/mol. The van der Waals surface area contributed by atoms with E-state index in [9.17, 15) is 18.0 Å². The Bertz CT molecular complexity index is 1330. The Morgan fingerprint density at radius 1 is 1.00 bits per heavy atom. The van der Waals surface area contributed by atoms with Crippen LogP contribution in [-0.2, 0) is 6.18 Å². The number of hydrogen-bond donors (Lipinski definition) is 1. The van der Waals surface area contributed by atoms with Crippen molar-refractivity contribution in [2.45, 2.75) is 32.9 Å². The number of carbonyl (C=O) groups is 1. The first kappa shape index (κ1) is 24.2. The van der Waals surface area contributed by atoms with Crippen molar-refractivity contribution in [3.05, 3.63) is 72.1 Å². The topological polar surface area (TPSA) is 75.4 Å².